The molecule has 0 aliphatic carbocycles. The quantitative estimate of drug-likeness (QED) is 0.711. The van der Waals surface area contributed by atoms with E-state index >= 15 is 0 Å². The molecule has 3 heteroatoms. The summed E-state index contributed by atoms with van der Waals surface area (Å²) in [5.74, 6) is 1.89. The van der Waals surface area contributed by atoms with Crippen LogP contribution in [0.2, 0.25) is 0 Å². The fourth-order valence-corrected chi connectivity index (χ4v) is 2.54. The second kappa shape index (κ2) is 8.54. The van der Waals surface area contributed by atoms with Crippen LogP contribution >= 0.6 is 11.8 Å². The number of nitrogens with zero attached hydrogens (tertiary/aromatic N) is 1. The number of thioether (sulfide) groups is 1. The van der Waals surface area contributed by atoms with Crippen LogP contribution in [0.1, 0.15) is 52.3 Å². The lowest BCUT2D eigenvalue weighted by Crippen LogP contribution is -2.22. The maximum Gasteiger partial charge on any atom is 0.0573 e. The average molecular weight is 266 g/mol. The van der Waals surface area contributed by atoms with Gasteiger partial charge in [-0.1, -0.05) is 27.7 Å². The molecular formula is C15H26N2S. The van der Waals surface area contributed by atoms with Crippen molar-refractivity contribution in [1.82, 2.24) is 10.3 Å². The van der Waals surface area contributed by atoms with Gasteiger partial charge in [0.2, 0.25) is 0 Å². The molecule has 18 heavy (non-hydrogen) atoms. The van der Waals surface area contributed by atoms with Crippen molar-refractivity contribution in [2.45, 2.75) is 51.5 Å². The van der Waals surface area contributed by atoms with Crippen molar-refractivity contribution >= 4 is 11.8 Å². The summed E-state index contributed by atoms with van der Waals surface area (Å²) in [7, 11) is 0. The van der Waals surface area contributed by atoms with Gasteiger partial charge in [-0.25, -0.2) is 0 Å². The molecule has 1 unspecified atom stereocenters. The maximum atomic E-state index is 4.60. The number of nitrogens with one attached hydrogen (secondary N) is 1. The van der Waals surface area contributed by atoms with Gasteiger partial charge in [0.15, 0.2) is 0 Å². The molecule has 0 spiro atoms. The molecule has 0 saturated heterocycles. The molecule has 0 aliphatic heterocycles. The smallest absolute Gasteiger partial charge is 0.0573 e. The lowest BCUT2D eigenvalue weighted by molar-refractivity contribution is 0.507. The molecule has 0 bridgehead atoms. The zero-order chi connectivity index (χ0) is 13.4. The van der Waals surface area contributed by atoms with Crippen LogP contribution < -0.4 is 5.32 Å². The van der Waals surface area contributed by atoms with E-state index in [2.05, 4.69) is 50.1 Å². The van der Waals surface area contributed by atoms with Crippen molar-refractivity contribution in [3.63, 3.8) is 0 Å². The molecule has 1 rings (SSSR count). The predicted octanol–water partition coefficient (Wildman–Crippen LogP) is 4.28. The predicted molar refractivity (Wildman–Crippen MR) is 81.1 cm³/mol. The highest BCUT2D eigenvalue weighted by atomic mass is 32.2. The minimum Gasteiger partial charge on any atom is -0.309 e. The van der Waals surface area contributed by atoms with Crippen molar-refractivity contribution in [2.75, 3.05) is 12.3 Å². The summed E-state index contributed by atoms with van der Waals surface area (Å²) in [5, 5.41) is 3.54. The summed E-state index contributed by atoms with van der Waals surface area (Å²) in [6.07, 6.45) is 4.27. The van der Waals surface area contributed by atoms with Gasteiger partial charge in [0.05, 0.1) is 5.69 Å². The number of aromatic nitrogens is 1. The molecule has 0 aliphatic rings. The summed E-state index contributed by atoms with van der Waals surface area (Å²) in [4.78, 5) is 5.87. The van der Waals surface area contributed by atoms with Crippen LogP contribution in [-0.2, 0) is 0 Å². The van der Waals surface area contributed by atoms with E-state index in [0.29, 0.717) is 6.04 Å². The van der Waals surface area contributed by atoms with Crippen molar-refractivity contribution in [2.24, 2.45) is 5.92 Å². The molecule has 1 aromatic rings. The van der Waals surface area contributed by atoms with E-state index in [-0.39, 0.29) is 0 Å². The molecule has 0 amide bonds. The number of hydrogen-bond acceptors (Lipinski definition) is 3. The summed E-state index contributed by atoms with van der Waals surface area (Å²) < 4.78 is 0. The summed E-state index contributed by atoms with van der Waals surface area (Å²) in [5.41, 5.74) is 1.17. The third-order valence-electron chi connectivity index (χ3n) is 2.75. The van der Waals surface area contributed by atoms with E-state index < -0.39 is 0 Å². The third kappa shape index (κ3) is 5.40. The van der Waals surface area contributed by atoms with Gasteiger partial charge in [0, 0.05) is 22.9 Å². The molecule has 2 nitrogen and oxygen atoms in total. The van der Waals surface area contributed by atoms with Crippen LogP contribution in [0.25, 0.3) is 0 Å². The van der Waals surface area contributed by atoms with Gasteiger partial charge in [0.1, 0.15) is 0 Å². The van der Waals surface area contributed by atoms with Gasteiger partial charge < -0.3 is 5.32 Å². The highest BCUT2D eigenvalue weighted by molar-refractivity contribution is 7.99. The van der Waals surface area contributed by atoms with Gasteiger partial charge in [-0.05, 0) is 37.4 Å². The van der Waals surface area contributed by atoms with E-state index in [9.17, 15) is 0 Å². The largest absolute Gasteiger partial charge is 0.309 e. The Morgan fingerprint density at radius 3 is 2.56 bits per heavy atom. The zero-order valence-corrected chi connectivity index (χ0v) is 12.9. The Kier molecular flexibility index (Phi) is 7.36. The first-order valence-corrected chi connectivity index (χ1v) is 7.98. The Bertz CT molecular complexity index is 322. The molecule has 0 fully saturated rings. The zero-order valence-electron chi connectivity index (χ0n) is 12.1. The van der Waals surface area contributed by atoms with Crippen molar-refractivity contribution in [3.05, 3.63) is 24.0 Å². The lowest BCUT2D eigenvalue weighted by atomic mass is 10.1. The van der Waals surface area contributed by atoms with Crippen LogP contribution in [0.3, 0.4) is 0 Å². The monoisotopic (exact) mass is 266 g/mol. The molecular weight excluding hydrogens is 240 g/mol. The molecule has 102 valence electrons. The number of pyridine rings is 1. The molecule has 1 N–H and O–H groups in total. The second-order valence-electron chi connectivity index (χ2n) is 5.04. The molecule has 1 atom stereocenters. The van der Waals surface area contributed by atoms with Crippen LogP contribution in [0.4, 0.5) is 0 Å². The standard InChI is InChI=1S/C15H26N2S/c1-5-9-16-14(6-2)15-8-7-13(10-17-15)18-11-12(3)4/h7-8,10,12,14,16H,5-6,9,11H2,1-4H3. The van der Waals surface area contributed by atoms with Gasteiger partial charge >= 0.3 is 0 Å². The normalized spacial score (nSPS) is 12.9. The van der Waals surface area contributed by atoms with Crippen molar-refractivity contribution in [1.29, 1.82) is 0 Å². The summed E-state index contributed by atoms with van der Waals surface area (Å²) in [6, 6.07) is 4.76. The lowest BCUT2D eigenvalue weighted by Gasteiger charge is -2.16. The molecule has 1 heterocycles. The fraction of sp³-hybridized carbons (Fsp3) is 0.667. The summed E-state index contributed by atoms with van der Waals surface area (Å²) in [6.45, 7) is 9.95. The minimum atomic E-state index is 0.397. The Balaban J connectivity index is 2.57. The number of rotatable bonds is 8. The van der Waals surface area contributed by atoms with E-state index in [1.807, 2.05) is 18.0 Å². The maximum absolute atomic E-state index is 4.60. The Morgan fingerprint density at radius 2 is 2.06 bits per heavy atom. The van der Waals surface area contributed by atoms with Crippen LogP contribution in [0.5, 0.6) is 0 Å². The van der Waals surface area contributed by atoms with E-state index in [1.54, 1.807) is 0 Å². The average Bonchev–Trinajstić information content (AvgIpc) is 2.38. The van der Waals surface area contributed by atoms with Crippen LogP contribution in [-0.4, -0.2) is 17.3 Å². The Morgan fingerprint density at radius 1 is 1.28 bits per heavy atom. The van der Waals surface area contributed by atoms with E-state index in [4.69, 9.17) is 0 Å². The van der Waals surface area contributed by atoms with Crippen molar-refractivity contribution < 1.29 is 0 Å². The van der Waals surface area contributed by atoms with Crippen LogP contribution in [0.15, 0.2) is 23.2 Å². The van der Waals surface area contributed by atoms with E-state index in [1.165, 1.54) is 17.0 Å². The van der Waals surface area contributed by atoms with Gasteiger partial charge in [-0.3, -0.25) is 4.98 Å². The van der Waals surface area contributed by atoms with Gasteiger partial charge in [-0.2, -0.15) is 0 Å². The van der Waals surface area contributed by atoms with Crippen molar-refractivity contribution in [3.8, 4) is 0 Å². The highest BCUT2D eigenvalue weighted by Crippen LogP contribution is 2.22. The first-order valence-electron chi connectivity index (χ1n) is 6.99. The summed E-state index contributed by atoms with van der Waals surface area (Å²) >= 11 is 1.89. The SMILES string of the molecule is CCCNC(CC)c1ccc(SCC(C)C)cn1. The fourth-order valence-electron chi connectivity index (χ4n) is 1.72. The Labute approximate surface area is 116 Å². The van der Waals surface area contributed by atoms with Crippen LogP contribution in [0, 0.1) is 5.92 Å². The minimum absolute atomic E-state index is 0.397. The molecule has 0 saturated carbocycles. The van der Waals surface area contributed by atoms with Gasteiger partial charge in [0.25, 0.3) is 0 Å². The van der Waals surface area contributed by atoms with E-state index in [0.717, 1.165) is 24.6 Å². The number of hydrogen-bond donors (Lipinski definition) is 1. The molecule has 1 aromatic heterocycles. The first kappa shape index (κ1) is 15.5. The van der Waals surface area contributed by atoms with Gasteiger partial charge in [-0.15, -0.1) is 11.8 Å². The second-order valence-corrected chi connectivity index (χ2v) is 6.13. The molecule has 0 radical (unpaired) electrons. The first-order chi connectivity index (χ1) is 8.67. The molecule has 0 aromatic carbocycles. The topological polar surface area (TPSA) is 24.9 Å². The third-order valence-corrected chi connectivity index (χ3v) is 4.16. The highest BCUT2D eigenvalue weighted by Gasteiger charge is 2.09. The Hall–Kier alpha value is -0.540.